The normalized spacial score (nSPS) is 13.4. The summed E-state index contributed by atoms with van der Waals surface area (Å²) in [6.07, 6.45) is 34.8. The van der Waals surface area contributed by atoms with Crippen LogP contribution in [0.4, 0.5) is 22.7 Å². The fourth-order valence-electron chi connectivity index (χ4n) is 8.13. The van der Waals surface area contributed by atoms with Crippen molar-refractivity contribution in [2.45, 2.75) is 174 Å². The number of quaternary nitrogens is 1. The molecule has 0 N–H and O–H groups in total. The molecule has 2 aromatic rings. The Bertz CT molecular complexity index is 1060. The van der Waals surface area contributed by atoms with E-state index in [9.17, 15) is 0 Å². The zero-order valence-corrected chi connectivity index (χ0v) is 32.9. The second-order valence-electron chi connectivity index (χ2n) is 15.8. The van der Waals surface area contributed by atoms with Crippen LogP contribution < -0.4 is 14.3 Å². The molecule has 2 aromatic carbocycles. The summed E-state index contributed by atoms with van der Waals surface area (Å²) in [5.74, 6) is 0. The zero-order valence-electron chi connectivity index (χ0n) is 32.9. The molecule has 0 spiro atoms. The van der Waals surface area contributed by atoms with Gasteiger partial charge in [0.05, 0.1) is 13.1 Å². The summed E-state index contributed by atoms with van der Waals surface area (Å²) in [4.78, 5) is 4.60. The molecular weight excluding hydrogens is 583 g/mol. The van der Waals surface area contributed by atoms with Gasteiger partial charge in [0, 0.05) is 69.2 Å². The van der Waals surface area contributed by atoms with Crippen LogP contribution in [0.2, 0.25) is 0 Å². The van der Waals surface area contributed by atoms with Gasteiger partial charge in [0.15, 0.2) is 0 Å². The SMILES string of the molecule is CCCCCCCCCCCCCCCC[N+]1(CCCCCCCCCCCC)c2cc(N(C)C)ccc2Cc2ccc(N(C)C)cc21. The van der Waals surface area contributed by atoms with Crippen molar-refractivity contribution in [1.82, 2.24) is 4.48 Å². The van der Waals surface area contributed by atoms with Crippen LogP contribution in [0.25, 0.3) is 0 Å². The van der Waals surface area contributed by atoms with Gasteiger partial charge in [-0.2, -0.15) is 0 Å². The number of hydrogen-bond acceptors (Lipinski definition) is 2. The average molecular weight is 661 g/mol. The van der Waals surface area contributed by atoms with E-state index in [0.29, 0.717) is 0 Å². The second kappa shape index (κ2) is 23.4. The molecular formula is C45H78N3+. The van der Waals surface area contributed by atoms with Gasteiger partial charge in [-0.05, 0) is 37.8 Å². The predicted octanol–water partition coefficient (Wildman–Crippen LogP) is 13.8. The van der Waals surface area contributed by atoms with Crippen LogP contribution >= 0.6 is 0 Å². The summed E-state index contributed by atoms with van der Waals surface area (Å²) in [6, 6.07) is 14.7. The molecule has 272 valence electrons. The molecule has 3 heteroatoms. The number of hydrogen-bond donors (Lipinski definition) is 0. The van der Waals surface area contributed by atoms with E-state index in [4.69, 9.17) is 0 Å². The van der Waals surface area contributed by atoms with E-state index in [-0.39, 0.29) is 0 Å². The Morgan fingerprint density at radius 1 is 0.417 bits per heavy atom. The second-order valence-corrected chi connectivity index (χ2v) is 15.8. The number of nitrogens with zero attached hydrogens (tertiary/aromatic N) is 3. The van der Waals surface area contributed by atoms with Gasteiger partial charge >= 0.3 is 0 Å². The fraction of sp³-hybridized carbons (Fsp3) is 0.733. The molecule has 3 rings (SSSR count). The van der Waals surface area contributed by atoms with Crippen LogP contribution in [0, 0.1) is 0 Å². The number of fused-ring (bicyclic) bond motifs is 2. The molecule has 1 heterocycles. The lowest BCUT2D eigenvalue weighted by Crippen LogP contribution is -2.49. The van der Waals surface area contributed by atoms with E-state index in [1.165, 1.54) is 179 Å². The summed E-state index contributed by atoms with van der Waals surface area (Å²) in [5, 5.41) is 0. The van der Waals surface area contributed by atoms with E-state index in [0.717, 1.165) is 10.9 Å². The molecule has 0 atom stereocenters. The molecule has 48 heavy (non-hydrogen) atoms. The maximum absolute atomic E-state index is 2.56. The quantitative estimate of drug-likeness (QED) is 0.0662. The summed E-state index contributed by atoms with van der Waals surface area (Å²) in [5.41, 5.74) is 8.93. The maximum Gasteiger partial charge on any atom is 0.143 e. The van der Waals surface area contributed by atoms with Crippen molar-refractivity contribution in [3.05, 3.63) is 47.5 Å². The minimum absolute atomic E-state index is 1.04. The Morgan fingerprint density at radius 3 is 1.00 bits per heavy atom. The molecule has 0 aromatic heterocycles. The molecule has 0 bridgehead atoms. The van der Waals surface area contributed by atoms with Crippen LogP contribution in [-0.4, -0.2) is 41.3 Å². The van der Waals surface area contributed by atoms with Gasteiger partial charge in [0.2, 0.25) is 0 Å². The van der Waals surface area contributed by atoms with Crippen LogP contribution in [0.1, 0.15) is 179 Å². The van der Waals surface area contributed by atoms with Gasteiger partial charge in [-0.3, -0.25) is 4.48 Å². The van der Waals surface area contributed by atoms with Gasteiger partial charge in [-0.1, -0.05) is 154 Å². The first kappa shape index (κ1) is 40.4. The molecule has 0 saturated carbocycles. The first-order valence-electron chi connectivity index (χ1n) is 20.9. The van der Waals surface area contributed by atoms with Gasteiger partial charge in [-0.15, -0.1) is 0 Å². The molecule has 1 aliphatic heterocycles. The molecule has 0 aliphatic carbocycles. The predicted molar refractivity (Wildman–Crippen MR) is 218 cm³/mol. The Morgan fingerprint density at radius 2 is 0.708 bits per heavy atom. The van der Waals surface area contributed by atoms with Crippen molar-refractivity contribution in [2.24, 2.45) is 0 Å². The van der Waals surface area contributed by atoms with E-state index in [1.54, 1.807) is 22.5 Å². The molecule has 0 unspecified atom stereocenters. The van der Waals surface area contributed by atoms with Crippen LogP contribution in [-0.2, 0) is 6.42 Å². The monoisotopic (exact) mass is 661 g/mol. The van der Waals surface area contributed by atoms with Gasteiger partial charge in [-0.25, -0.2) is 0 Å². The Hall–Kier alpha value is -2.00. The minimum Gasteiger partial charge on any atom is -0.377 e. The summed E-state index contributed by atoms with van der Waals surface area (Å²) < 4.78 is 1.04. The minimum atomic E-state index is 1.04. The lowest BCUT2D eigenvalue weighted by Gasteiger charge is -2.44. The molecule has 0 amide bonds. The Kier molecular flexibility index (Phi) is 19.7. The van der Waals surface area contributed by atoms with Crippen molar-refractivity contribution < 1.29 is 0 Å². The van der Waals surface area contributed by atoms with Crippen LogP contribution in [0.5, 0.6) is 0 Å². The third kappa shape index (κ3) is 13.4. The number of benzene rings is 2. The molecule has 0 saturated heterocycles. The first-order valence-corrected chi connectivity index (χ1v) is 20.9. The van der Waals surface area contributed by atoms with Crippen LogP contribution in [0.3, 0.4) is 0 Å². The molecule has 0 radical (unpaired) electrons. The summed E-state index contributed by atoms with van der Waals surface area (Å²) >= 11 is 0. The summed E-state index contributed by atoms with van der Waals surface area (Å²) in [6.45, 7) is 7.08. The van der Waals surface area contributed by atoms with Gasteiger partial charge in [0.25, 0.3) is 0 Å². The fourth-order valence-corrected chi connectivity index (χ4v) is 8.13. The molecule has 3 nitrogen and oxygen atoms in total. The lowest BCUT2D eigenvalue weighted by molar-refractivity contribution is 0.346. The van der Waals surface area contributed by atoms with Gasteiger partial charge in [0.1, 0.15) is 11.4 Å². The highest BCUT2D eigenvalue weighted by molar-refractivity contribution is 5.76. The Labute approximate surface area is 299 Å². The highest BCUT2D eigenvalue weighted by atomic mass is 15.4. The zero-order chi connectivity index (χ0) is 34.5. The van der Waals surface area contributed by atoms with Crippen molar-refractivity contribution in [3.8, 4) is 0 Å². The van der Waals surface area contributed by atoms with E-state index < -0.39 is 0 Å². The number of rotatable bonds is 28. The highest BCUT2D eigenvalue weighted by Crippen LogP contribution is 2.48. The highest BCUT2D eigenvalue weighted by Gasteiger charge is 2.40. The average Bonchev–Trinajstić information content (AvgIpc) is 3.08. The lowest BCUT2D eigenvalue weighted by atomic mass is 9.90. The number of unbranched alkanes of at least 4 members (excludes halogenated alkanes) is 22. The van der Waals surface area contributed by atoms with Crippen molar-refractivity contribution in [1.29, 1.82) is 0 Å². The number of anilines is 2. The van der Waals surface area contributed by atoms with E-state index in [2.05, 4.69) is 88.2 Å². The first-order chi connectivity index (χ1) is 23.4. The third-order valence-corrected chi connectivity index (χ3v) is 11.3. The van der Waals surface area contributed by atoms with E-state index in [1.807, 2.05) is 0 Å². The van der Waals surface area contributed by atoms with Crippen molar-refractivity contribution in [2.75, 3.05) is 51.1 Å². The van der Waals surface area contributed by atoms with E-state index >= 15 is 0 Å². The Balaban J connectivity index is 1.64. The van der Waals surface area contributed by atoms with Gasteiger partial charge < -0.3 is 9.80 Å². The van der Waals surface area contributed by atoms with Crippen LogP contribution in [0.15, 0.2) is 36.4 Å². The largest absolute Gasteiger partial charge is 0.377 e. The van der Waals surface area contributed by atoms with Crippen molar-refractivity contribution in [3.63, 3.8) is 0 Å². The standard InChI is InChI=1S/C45H78N3/c1-7-9-11-13-15-17-19-20-21-22-24-26-28-30-36-48(35-29-27-25-23-18-16-14-12-10-8-2)44-38-42(46(3)4)33-31-40(44)37-41-32-34-43(47(5)6)39-45(41)48/h31-34,38-39H,7-30,35-37H2,1-6H3/q+1. The topological polar surface area (TPSA) is 6.48 Å². The maximum atomic E-state index is 2.56. The molecule has 1 aliphatic rings. The summed E-state index contributed by atoms with van der Waals surface area (Å²) in [7, 11) is 8.81. The van der Waals surface area contributed by atoms with Crippen molar-refractivity contribution >= 4 is 22.7 Å². The smallest absolute Gasteiger partial charge is 0.143 e. The molecule has 0 fully saturated rings. The third-order valence-electron chi connectivity index (χ3n) is 11.3.